The lowest BCUT2D eigenvalue weighted by Crippen LogP contribution is -2.26. The second kappa shape index (κ2) is 5.61. The van der Waals surface area contributed by atoms with Crippen LogP contribution in [0.3, 0.4) is 0 Å². The van der Waals surface area contributed by atoms with Crippen LogP contribution in [0.2, 0.25) is 0 Å². The zero-order valence-electron chi connectivity index (χ0n) is 10.9. The third-order valence-corrected chi connectivity index (χ3v) is 2.99. The molecule has 0 radical (unpaired) electrons. The first-order valence-electron chi connectivity index (χ1n) is 6.05. The van der Waals surface area contributed by atoms with Gasteiger partial charge in [-0.05, 0) is 49.2 Å². The molecular formula is C15H15FN2O. The molecule has 98 valence electrons. The van der Waals surface area contributed by atoms with Crippen LogP contribution in [0, 0.1) is 12.7 Å². The lowest BCUT2D eigenvalue weighted by atomic mass is 10.1. The highest BCUT2D eigenvalue weighted by Crippen LogP contribution is 2.13. The molecule has 2 rings (SSSR count). The van der Waals surface area contributed by atoms with Crippen LogP contribution in [0.15, 0.2) is 42.7 Å². The van der Waals surface area contributed by atoms with Gasteiger partial charge >= 0.3 is 0 Å². The molecule has 0 saturated carbocycles. The molecule has 0 bridgehead atoms. The number of hydrogen-bond acceptors (Lipinski definition) is 2. The zero-order valence-corrected chi connectivity index (χ0v) is 10.9. The summed E-state index contributed by atoms with van der Waals surface area (Å²) >= 11 is 0. The smallest absolute Gasteiger partial charge is 0.251 e. The Morgan fingerprint density at radius 1 is 1.26 bits per heavy atom. The molecule has 1 unspecified atom stereocenters. The molecule has 0 spiro atoms. The average Bonchev–Trinajstić information content (AvgIpc) is 2.42. The summed E-state index contributed by atoms with van der Waals surface area (Å²) < 4.78 is 13.4. The Hall–Kier alpha value is -2.23. The first kappa shape index (κ1) is 13.2. The summed E-state index contributed by atoms with van der Waals surface area (Å²) in [4.78, 5) is 15.9. The number of benzene rings is 1. The van der Waals surface area contributed by atoms with E-state index in [1.54, 1.807) is 31.5 Å². The van der Waals surface area contributed by atoms with E-state index < -0.39 is 0 Å². The van der Waals surface area contributed by atoms with Crippen LogP contribution in [0.4, 0.5) is 4.39 Å². The van der Waals surface area contributed by atoms with E-state index in [1.165, 1.54) is 6.07 Å². The summed E-state index contributed by atoms with van der Waals surface area (Å²) in [6, 6.07) is 7.99. The highest BCUT2D eigenvalue weighted by atomic mass is 19.1. The standard InChI is InChI=1S/C15H15FN2O/c1-10-3-4-13(9-14(10)16)15(19)18-11(2)12-5-7-17-8-6-12/h3-9,11H,1-2H3,(H,18,19). The summed E-state index contributed by atoms with van der Waals surface area (Å²) in [5, 5.41) is 2.83. The minimum absolute atomic E-state index is 0.153. The van der Waals surface area contributed by atoms with Gasteiger partial charge in [0.1, 0.15) is 5.82 Å². The molecule has 2 aromatic rings. The third kappa shape index (κ3) is 3.16. The van der Waals surface area contributed by atoms with Gasteiger partial charge in [0.2, 0.25) is 0 Å². The molecule has 4 heteroatoms. The van der Waals surface area contributed by atoms with Gasteiger partial charge in [-0.3, -0.25) is 9.78 Å². The van der Waals surface area contributed by atoms with Gasteiger partial charge in [0.05, 0.1) is 6.04 Å². The fraction of sp³-hybridized carbons (Fsp3) is 0.200. The second-order valence-corrected chi connectivity index (χ2v) is 4.44. The number of halogens is 1. The van der Waals surface area contributed by atoms with E-state index in [9.17, 15) is 9.18 Å². The number of rotatable bonds is 3. The van der Waals surface area contributed by atoms with E-state index in [0.29, 0.717) is 11.1 Å². The van der Waals surface area contributed by atoms with Crippen molar-refractivity contribution < 1.29 is 9.18 Å². The predicted molar refractivity (Wildman–Crippen MR) is 71.3 cm³/mol. The Morgan fingerprint density at radius 2 is 1.95 bits per heavy atom. The Labute approximate surface area is 111 Å². The minimum atomic E-state index is -0.371. The molecule has 3 nitrogen and oxygen atoms in total. The van der Waals surface area contributed by atoms with Crippen LogP contribution in [0.1, 0.15) is 34.5 Å². The fourth-order valence-electron chi connectivity index (χ4n) is 1.75. The van der Waals surface area contributed by atoms with Crippen LogP contribution >= 0.6 is 0 Å². The van der Waals surface area contributed by atoms with Crippen molar-refractivity contribution in [2.24, 2.45) is 0 Å². The Morgan fingerprint density at radius 3 is 2.58 bits per heavy atom. The number of nitrogens with zero attached hydrogens (tertiary/aromatic N) is 1. The molecule has 1 aromatic carbocycles. The molecule has 1 amide bonds. The van der Waals surface area contributed by atoms with E-state index in [0.717, 1.165) is 5.56 Å². The van der Waals surface area contributed by atoms with Gasteiger partial charge in [-0.2, -0.15) is 0 Å². The van der Waals surface area contributed by atoms with Crippen molar-refractivity contribution in [2.45, 2.75) is 19.9 Å². The van der Waals surface area contributed by atoms with Crippen molar-refractivity contribution >= 4 is 5.91 Å². The maximum absolute atomic E-state index is 13.4. The monoisotopic (exact) mass is 258 g/mol. The molecular weight excluding hydrogens is 243 g/mol. The molecule has 0 aliphatic rings. The van der Waals surface area contributed by atoms with Crippen molar-refractivity contribution in [2.75, 3.05) is 0 Å². The maximum atomic E-state index is 13.4. The number of hydrogen-bond donors (Lipinski definition) is 1. The number of aromatic nitrogens is 1. The topological polar surface area (TPSA) is 42.0 Å². The van der Waals surface area contributed by atoms with E-state index in [1.807, 2.05) is 19.1 Å². The highest BCUT2D eigenvalue weighted by molar-refractivity contribution is 5.94. The zero-order chi connectivity index (χ0) is 13.8. The van der Waals surface area contributed by atoms with Crippen LogP contribution in [-0.4, -0.2) is 10.9 Å². The number of carbonyl (C=O) groups is 1. The quantitative estimate of drug-likeness (QED) is 0.919. The minimum Gasteiger partial charge on any atom is -0.346 e. The molecule has 1 N–H and O–H groups in total. The summed E-state index contributed by atoms with van der Waals surface area (Å²) in [5.41, 5.74) is 1.80. The van der Waals surface area contributed by atoms with E-state index in [4.69, 9.17) is 0 Å². The second-order valence-electron chi connectivity index (χ2n) is 4.44. The molecule has 1 heterocycles. The molecule has 0 aliphatic carbocycles. The Balaban J connectivity index is 2.11. The lowest BCUT2D eigenvalue weighted by Gasteiger charge is -2.14. The van der Waals surface area contributed by atoms with Gasteiger partial charge in [-0.1, -0.05) is 6.07 Å². The largest absolute Gasteiger partial charge is 0.346 e. The highest BCUT2D eigenvalue weighted by Gasteiger charge is 2.12. The normalized spacial score (nSPS) is 11.9. The first-order chi connectivity index (χ1) is 9.08. The Bertz CT molecular complexity index is 584. The molecule has 1 atom stereocenters. The van der Waals surface area contributed by atoms with Crippen molar-refractivity contribution in [1.82, 2.24) is 10.3 Å². The van der Waals surface area contributed by atoms with E-state index >= 15 is 0 Å². The molecule has 0 fully saturated rings. The van der Waals surface area contributed by atoms with Gasteiger partial charge in [-0.15, -0.1) is 0 Å². The number of nitrogens with one attached hydrogen (secondary N) is 1. The number of pyridine rings is 1. The fourth-order valence-corrected chi connectivity index (χ4v) is 1.75. The molecule has 19 heavy (non-hydrogen) atoms. The van der Waals surface area contributed by atoms with E-state index in [-0.39, 0.29) is 17.8 Å². The molecule has 0 aliphatic heterocycles. The van der Waals surface area contributed by atoms with Gasteiger partial charge in [0, 0.05) is 18.0 Å². The lowest BCUT2D eigenvalue weighted by molar-refractivity contribution is 0.0939. The van der Waals surface area contributed by atoms with Crippen LogP contribution in [0.25, 0.3) is 0 Å². The van der Waals surface area contributed by atoms with Crippen molar-refractivity contribution in [1.29, 1.82) is 0 Å². The van der Waals surface area contributed by atoms with Crippen molar-refractivity contribution in [3.8, 4) is 0 Å². The summed E-state index contributed by atoms with van der Waals surface area (Å²) in [6.45, 7) is 3.54. The maximum Gasteiger partial charge on any atom is 0.251 e. The first-order valence-corrected chi connectivity index (χ1v) is 6.05. The number of amides is 1. The molecule has 1 aromatic heterocycles. The number of aryl methyl sites for hydroxylation is 1. The average molecular weight is 258 g/mol. The SMILES string of the molecule is Cc1ccc(C(=O)NC(C)c2ccncc2)cc1F. The number of carbonyl (C=O) groups excluding carboxylic acids is 1. The van der Waals surface area contributed by atoms with Crippen LogP contribution in [-0.2, 0) is 0 Å². The van der Waals surface area contributed by atoms with Gasteiger partial charge in [-0.25, -0.2) is 4.39 Å². The van der Waals surface area contributed by atoms with Gasteiger partial charge in [0.25, 0.3) is 5.91 Å². The van der Waals surface area contributed by atoms with Crippen molar-refractivity contribution in [3.63, 3.8) is 0 Å². The Kier molecular flexibility index (Phi) is 3.90. The summed E-state index contributed by atoms with van der Waals surface area (Å²) in [6.07, 6.45) is 3.34. The van der Waals surface area contributed by atoms with Crippen LogP contribution in [0.5, 0.6) is 0 Å². The summed E-state index contributed by atoms with van der Waals surface area (Å²) in [7, 11) is 0. The molecule has 0 saturated heterocycles. The predicted octanol–water partition coefficient (Wildman–Crippen LogP) is 3.02. The van der Waals surface area contributed by atoms with Crippen molar-refractivity contribution in [3.05, 3.63) is 65.2 Å². The van der Waals surface area contributed by atoms with Crippen LogP contribution < -0.4 is 5.32 Å². The van der Waals surface area contributed by atoms with E-state index in [2.05, 4.69) is 10.3 Å². The summed E-state index contributed by atoms with van der Waals surface area (Å²) in [5.74, 6) is -0.660. The van der Waals surface area contributed by atoms with Gasteiger partial charge < -0.3 is 5.32 Å². The third-order valence-electron chi connectivity index (χ3n) is 2.99. The van der Waals surface area contributed by atoms with Gasteiger partial charge in [0.15, 0.2) is 0 Å².